The molecule has 0 saturated carbocycles. The van der Waals surface area contributed by atoms with E-state index in [-0.39, 0.29) is 17.4 Å². The van der Waals surface area contributed by atoms with Crippen molar-refractivity contribution in [1.82, 2.24) is 4.90 Å². The third-order valence-electron chi connectivity index (χ3n) is 5.94. The van der Waals surface area contributed by atoms with Gasteiger partial charge in [-0.25, -0.2) is 13.6 Å². The lowest BCUT2D eigenvalue weighted by atomic mass is 9.92. The molecule has 166 valence electrons. The number of amides is 2. The van der Waals surface area contributed by atoms with Gasteiger partial charge in [0.05, 0.1) is 15.2 Å². The Balaban J connectivity index is 1.96. The minimum atomic E-state index is -2.28. The second-order valence-electron chi connectivity index (χ2n) is 8.23. The Hall–Kier alpha value is -2.94. The standard InChI is InChI=1S/C22H26F2N2O4Si/c1-5-31(3,4)20-17(23)11-14(12-18(20)24)25-21(27)19-16-7-6-15(30-2)10-13(16)8-9-26(19)22(28)29/h6-7,10-12,19H,5,8-9H2,1-4H3,(H,25,27)(H,28,29)/t19-/m1/s1. The van der Waals surface area contributed by atoms with Crippen molar-refractivity contribution in [2.75, 3.05) is 19.0 Å². The van der Waals surface area contributed by atoms with Gasteiger partial charge in [0, 0.05) is 17.4 Å². The summed E-state index contributed by atoms with van der Waals surface area (Å²) >= 11 is 0. The first-order chi connectivity index (χ1) is 14.6. The van der Waals surface area contributed by atoms with Gasteiger partial charge in [-0.15, -0.1) is 0 Å². The molecule has 31 heavy (non-hydrogen) atoms. The van der Waals surface area contributed by atoms with E-state index in [2.05, 4.69) is 5.32 Å². The average Bonchev–Trinajstić information content (AvgIpc) is 2.71. The van der Waals surface area contributed by atoms with Crippen molar-refractivity contribution in [1.29, 1.82) is 0 Å². The Morgan fingerprint density at radius 3 is 2.42 bits per heavy atom. The number of nitrogens with zero attached hydrogens (tertiary/aromatic N) is 1. The van der Waals surface area contributed by atoms with Crippen molar-refractivity contribution in [2.45, 2.75) is 38.5 Å². The van der Waals surface area contributed by atoms with Gasteiger partial charge in [0.15, 0.2) is 0 Å². The van der Waals surface area contributed by atoms with Crippen LogP contribution in [-0.4, -0.2) is 43.7 Å². The minimum Gasteiger partial charge on any atom is -0.497 e. The summed E-state index contributed by atoms with van der Waals surface area (Å²) in [6, 6.07) is 6.79. The summed E-state index contributed by atoms with van der Waals surface area (Å²) in [6.45, 7) is 5.78. The first-order valence-corrected chi connectivity index (χ1v) is 13.3. The molecule has 2 N–H and O–H groups in total. The molecule has 0 bridgehead atoms. The lowest BCUT2D eigenvalue weighted by Gasteiger charge is -2.34. The molecule has 6 nitrogen and oxygen atoms in total. The minimum absolute atomic E-state index is 0.0457. The number of anilines is 1. The van der Waals surface area contributed by atoms with Crippen LogP contribution in [0.4, 0.5) is 19.3 Å². The van der Waals surface area contributed by atoms with Crippen LogP contribution in [0.3, 0.4) is 0 Å². The monoisotopic (exact) mass is 448 g/mol. The summed E-state index contributed by atoms with van der Waals surface area (Å²) in [5.41, 5.74) is 1.26. The molecule has 0 spiro atoms. The molecule has 0 aromatic heterocycles. The Labute approximate surface area is 180 Å². The Bertz CT molecular complexity index is 1010. The maximum atomic E-state index is 14.7. The highest BCUT2D eigenvalue weighted by Gasteiger charge is 2.37. The fourth-order valence-electron chi connectivity index (χ4n) is 3.90. The number of benzene rings is 2. The zero-order valence-electron chi connectivity index (χ0n) is 18.0. The molecule has 0 aliphatic carbocycles. The second-order valence-corrected chi connectivity index (χ2v) is 13.2. The average molecular weight is 449 g/mol. The molecule has 0 saturated heterocycles. The number of ether oxygens (including phenoxy) is 1. The van der Waals surface area contributed by atoms with E-state index in [0.717, 1.165) is 22.6 Å². The van der Waals surface area contributed by atoms with Crippen LogP contribution in [0.25, 0.3) is 0 Å². The molecular formula is C22H26F2N2O4Si. The molecule has 1 aliphatic heterocycles. The van der Waals surface area contributed by atoms with Crippen molar-refractivity contribution < 1.29 is 28.2 Å². The van der Waals surface area contributed by atoms with Crippen molar-refractivity contribution in [3.05, 3.63) is 53.1 Å². The topological polar surface area (TPSA) is 78.9 Å². The van der Waals surface area contributed by atoms with Gasteiger partial charge in [0.25, 0.3) is 5.91 Å². The van der Waals surface area contributed by atoms with E-state index in [9.17, 15) is 23.5 Å². The van der Waals surface area contributed by atoms with Crippen molar-refractivity contribution in [3.63, 3.8) is 0 Å². The lowest BCUT2D eigenvalue weighted by Crippen LogP contribution is -2.45. The largest absolute Gasteiger partial charge is 0.497 e. The van der Waals surface area contributed by atoms with E-state index < -0.39 is 37.8 Å². The van der Waals surface area contributed by atoms with Crippen molar-refractivity contribution in [3.8, 4) is 5.75 Å². The van der Waals surface area contributed by atoms with E-state index in [1.54, 1.807) is 18.2 Å². The van der Waals surface area contributed by atoms with Crippen LogP contribution in [0, 0.1) is 11.6 Å². The molecule has 9 heteroatoms. The number of nitrogens with one attached hydrogen (secondary N) is 1. The molecule has 0 unspecified atom stereocenters. The number of carbonyl (C=O) groups excluding carboxylic acids is 1. The summed E-state index contributed by atoms with van der Waals surface area (Å²) in [6.07, 6.45) is -0.817. The van der Waals surface area contributed by atoms with E-state index >= 15 is 0 Å². The van der Waals surface area contributed by atoms with Gasteiger partial charge in [-0.1, -0.05) is 32.1 Å². The van der Waals surface area contributed by atoms with Gasteiger partial charge < -0.3 is 15.2 Å². The molecule has 2 aromatic rings. The van der Waals surface area contributed by atoms with Gasteiger partial charge in [-0.2, -0.15) is 0 Å². The number of carbonyl (C=O) groups is 2. The summed E-state index contributed by atoms with van der Waals surface area (Å²) in [5, 5.41) is 12.2. The molecule has 0 fully saturated rings. The fourth-order valence-corrected chi connectivity index (χ4v) is 5.69. The van der Waals surface area contributed by atoms with E-state index in [0.29, 0.717) is 23.8 Å². The third kappa shape index (κ3) is 4.41. The van der Waals surface area contributed by atoms with Gasteiger partial charge >= 0.3 is 6.09 Å². The van der Waals surface area contributed by atoms with E-state index in [4.69, 9.17) is 4.74 Å². The molecule has 1 heterocycles. The summed E-state index contributed by atoms with van der Waals surface area (Å²) < 4.78 is 34.7. The first-order valence-electron chi connectivity index (χ1n) is 10.1. The zero-order valence-corrected chi connectivity index (χ0v) is 19.0. The van der Waals surface area contributed by atoms with Crippen molar-refractivity contribution in [2.24, 2.45) is 0 Å². The molecule has 3 rings (SSSR count). The number of carboxylic acid groups (broad SMARTS) is 1. The van der Waals surface area contributed by atoms with Gasteiger partial charge in [0.1, 0.15) is 23.4 Å². The predicted octanol–water partition coefficient (Wildman–Crippen LogP) is 4.12. The fraction of sp³-hybridized carbons (Fsp3) is 0.364. The molecule has 2 amide bonds. The summed E-state index contributed by atoms with van der Waals surface area (Å²) in [7, 11) is -0.759. The molecule has 1 atom stereocenters. The number of rotatable bonds is 5. The van der Waals surface area contributed by atoms with Crippen LogP contribution in [0.15, 0.2) is 30.3 Å². The highest BCUT2D eigenvalue weighted by atomic mass is 28.3. The third-order valence-corrected chi connectivity index (χ3v) is 9.54. The van der Waals surface area contributed by atoms with Crippen LogP contribution in [0.5, 0.6) is 5.75 Å². The van der Waals surface area contributed by atoms with Gasteiger partial charge in [0.2, 0.25) is 0 Å². The van der Waals surface area contributed by atoms with Gasteiger partial charge in [-0.05, 0) is 41.8 Å². The maximum absolute atomic E-state index is 14.7. The highest BCUT2D eigenvalue weighted by molar-refractivity contribution is 6.89. The highest BCUT2D eigenvalue weighted by Crippen LogP contribution is 2.33. The number of halogens is 2. The second kappa shape index (κ2) is 8.66. The Kier molecular flexibility index (Phi) is 6.35. The van der Waals surface area contributed by atoms with Crippen LogP contribution in [0.1, 0.15) is 24.1 Å². The Morgan fingerprint density at radius 1 is 1.23 bits per heavy atom. The van der Waals surface area contributed by atoms with Crippen LogP contribution < -0.4 is 15.2 Å². The number of methoxy groups -OCH3 is 1. The molecule has 0 radical (unpaired) electrons. The normalized spacial score (nSPS) is 15.9. The number of fused-ring (bicyclic) bond motifs is 1. The van der Waals surface area contributed by atoms with E-state index in [1.807, 2.05) is 20.0 Å². The van der Waals surface area contributed by atoms with Crippen LogP contribution >= 0.6 is 0 Å². The molecular weight excluding hydrogens is 422 g/mol. The van der Waals surface area contributed by atoms with Crippen LogP contribution in [-0.2, 0) is 11.2 Å². The molecule has 1 aliphatic rings. The predicted molar refractivity (Wildman–Crippen MR) is 117 cm³/mol. The summed E-state index contributed by atoms with van der Waals surface area (Å²) in [4.78, 5) is 25.9. The maximum Gasteiger partial charge on any atom is 0.408 e. The van der Waals surface area contributed by atoms with E-state index in [1.165, 1.54) is 7.11 Å². The zero-order chi connectivity index (χ0) is 22.9. The van der Waals surface area contributed by atoms with Gasteiger partial charge in [-0.3, -0.25) is 9.69 Å². The van der Waals surface area contributed by atoms with Crippen LogP contribution in [0.2, 0.25) is 19.1 Å². The number of hydrogen-bond donors (Lipinski definition) is 2. The summed E-state index contributed by atoms with van der Waals surface area (Å²) in [5.74, 6) is -1.47. The first kappa shape index (κ1) is 22.7. The quantitative estimate of drug-likeness (QED) is 0.675. The van der Waals surface area contributed by atoms with Crippen molar-refractivity contribution >= 4 is 30.9 Å². The lowest BCUT2D eigenvalue weighted by molar-refractivity contribution is -0.121. The molecule has 2 aromatic carbocycles. The SMILES string of the molecule is CC[Si](C)(C)c1c(F)cc(NC(=O)[C@H]2c3ccc(OC)cc3CCN2C(=O)O)cc1F. The Morgan fingerprint density at radius 2 is 1.87 bits per heavy atom. The smallest absolute Gasteiger partial charge is 0.408 e. The number of hydrogen-bond acceptors (Lipinski definition) is 3.